The summed E-state index contributed by atoms with van der Waals surface area (Å²) in [4.78, 5) is 23.4. The van der Waals surface area contributed by atoms with Crippen molar-refractivity contribution in [1.82, 2.24) is 0 Å². The second kappa shape index (κ2) is 10.1. The minimum atomic E-state index is -0.700. The van der Waals surface area contributed by atoms with Gasteiger partial charge in [-0.25, -0.2) is 0 Å². The summed E-state index contributed by atoms with van der Waals surface area (Å²) in [5.41, 5.74) is 1.99. The smallest absolute Gasteiger partial charge is 0.301 e. The van der Waals surface area contributed by atoms with Crippen molar-refractivity contribution >= 4 is 40.0 Å². The van der Waals surface area contributed by atoms with E-state index in [1.54, 1.807) is 0 Å². The van der Waals surface area contributed by atoms with E-state index in [-0.39, 0.29) is 10.7 Å². The number of anilines is 3. The Kier molecular flexibility index (Phi) is 7.78. The van der Waals surface area contributed by atoms with Crippen LogP contribution in [0.5, 0.6) is 0 Å². The zero-order valence-corrected chi connectivity index (χ0v) is 17.5. The second-order valence-electron chi connectivity index (χ2n) is 6.58. The molecule has 0 aromatic heterocycles. The average molecular weight is 421 g/mol. The van der Waals surface area contributed by atoms with Gasteiger partial charge in [-0.3, -0.25) is 20.2 Å². The molecule has 2 aromatic rings. The van der Waals surface area contributed by atoms with Crippen LogP contribution in [0, 0.1) is 20.2 Å². The number of rotatable bonds is 10. The van der Waals surface area contributed by atoms with Gasteiger partial charge in [-0.15, -0.1) is 0 Å². The molecule has 0 heterocycles. The maximum atomic E-state index is 11.5. The molecule has 2 rings (SSSR count). The molecule has 0 saturated heterocycles. The highest BCUT2D eigenvalue weighted by atomic mass is 35.5. The first kappa shape index (κ1) is 22.4. The van der Waals surface area contributed by atoms with Crippen LogP contribution in [0.4, 0.5) is 28.4 Å². The normalized spacial score (nSPS) is 10.6. The number of nitrogens with one attached hydrogen (secondary N) is 1. The van der Waals surface area contributed by atoms with Crippen LogP contribution in [-0.4, -0.2) is 22.9 Å². The van der Waals surface area contributed by atoms with Gasteiger partial charge in [-0.05, 0) is 50.5 Å². The monoisotopic (exact) mass is 420 g/mol. The highest BCUT2D eigenvalue weighted by Crippen LogP contribution is 2.39. The summed E-state index contributed by atoms with van der Waals surface area (Å²) in [5.74, 6) is 0. The van der Waals surface area contributed by atoms with E-state index in [0.29, 0.717) is 5.69 Å². The van der Waals surface area contributed by atoms with Crippen LogP contribution in [0.25, 0.3) is 0 Å². The second-order valence-corrected chi connectivity index (χ2v) is 6.99. The summed E-state index contributed by atoms with van der Waals surface area (Å²) in [5, 5.41) is 25.5. The van der Waals surface area contributed by atoms with Crippen LogP contribution in [0.3, 0.4) is 0 Å². The maximum absolute atomic E-state index is 11.5. The van der Waals surface area contributed by atoms with E-state index < -0.39 is 21.2 Å². The fourth-order valence-electron chi connectivity index (χ4n) is 3.15. The lowest BCUT2D eigenvalue weighted by Gasteiger charge is -2.23. The molecule has 0 radical (unpaired) electrons. The minimum absolute atomic E-state index is 0.0515. The van der Waals surface area contributed by atoms with Crippen molar-refractivity contribution in [2.75, 3.05) is 23.3 Å². The molecule has 9 heteroatoms. The van der Waals surface area contributed by atoms with Crippen molar-refractivity contribution in [3.05, 3.63) is 61.1 Å². The molecule has 0 aliphatic rings. The standard InChI is InChI=1S/C20H25ClN4O4/c1-4-7-8-14-11-15(23(5-2)6-3)9-10-18(14)22-20-17(21)12-16(24(26)27)13-19(20)25(28)29/h9-13,22H,4-8H2,1-3H3. The number of halogens is 1. The van der Waals surface area contributed by atoms with E-state index in [1.165, 1.54) is 0 Å². The van der Waals surface area contributed by atoms with Gasteiger partial charge >= 0.3 is 5.69 Å². The number of benzene rings is 2. The largest absolute Gasteiger partial charge is 0.372 e. The molecular formula is C20H25ClN4O4. The molecule has 2 aromatic carbocycles. The Hall–Kier alpha value is -2.87. The summed E-state index contributed by atoms with van der Waals surface area (Å²) in [7, 11) is 0. The van der Waals surface area contributed by atoms with E-state index in [0.717, 1.165) is 55.7 Å². The summed E-state index contributed by atoms with van der Waals surface area (Å²) in [6.07, 6.45) is 2.77. The Morgan fingerprint density at radius 2 is 1.72 bits per heavy atom. The number of non-ortho nitro benzene ring substituents is 1. The molecule has 0 saturated carbocycles. The SMILES string of the molecule is CCCCc1cc(N(CC)CC)ccc1Nc1c(Cl)cc([N+](=O)[O-])cc1[N+](=O)[O-]. The Labute approximate surface area is 174 Å². The molecule has 0 fully saturated rings. The molecule has 0 aliphatic carbocycles. The van der Waals surface area contributed by atoms with Crippen LogP contribution in [-0.2, 0) is 6.42 Å². The summed E-state index contributed by atoms with van der Waals surface area (Å²) >= 11 is 6.18. The number of hydrogen-bond donors (Lipinski definition) is 1. The zero-order valence-electron chi connectivity index (χ0n) is 16.8. The Morgan fingerprint density at radius 1 is 1.03 bits per heavy atom. The third-order valence-electron chi connectivity index (χ3n) is 4.74. The summed E-state index contributed by atoms with van der Waals surface area (Å²) in [6.45, 7) is 8.01. The minimum Gasteiger partial charge on any atom is -0.372 e. The van der Waals surface area contributed by atoms with E-state index in [4.69, 9.17) is 11.6 Å². The van der Waals surface area contributed by atoms with Crippen LogP contribution >= 0.6 is 11.6 Å². The molecule has 8 nitrogen and oxygen atoms in total. The van der Waals surface area contributed by atoms with Gasteiger partial charge in [0.25, 0.3) is 5.69 Å². The predicted molar refractivity (Wildman–Crippen MR) is 117 cm³/mol. The van der Waals surface area contributed by atoms with E-state index in [2.05, 4.69) is 37.1 Å². The molecule has 0 bridgehead atoms. The van der Waals surface area contributed by atoms with Crippen molar-refractivity contribution < 1.29 is 9.85 Å². The maximum Gasteiger partial charge on any atom is 0.301 e. The highest BCUT2D eigenvalue weighted by Gasteiger charge is 2.24. The number of nitrogens with zero attached hydrogens (tertiary/aromatic N) is 3. The fraction of sp³-hybridized carbons (Fsp3) is 0.400. The van der Waals surface area contributed by atoms with Gasteiger partial charge in [0, 0.05) is 30.5 Å². The Morgan fingerprint density at radius 3 is 2.28 bits per heavy atom. The van der Waals surface area contributed by atoms with Gasteiger partial charge in [0.2, 0.25) is 0 Å². The van der Waals surface area contributed by atoms with Crippen molar-refractivity contribution in [3.8, 4) is 0 Å². The fourth-order valence-corrected chi connectivity index (χ4v) is 3.40. The average Bonchev–Trinajstić information content (AvgIpc) is 2.69. The van der Waals surface area contributed by atoms with Crippen molar-refractivity contribution in [1.29, 1.82) is 0 Å². The van der Waals surface area contributed by atoms with Gasteiger partial charge in [0.1, 0.15) is 5.69 Å². The molecule has 0 amide bonds. The molecule has 29 heavy (non-hydrogen) atoms. The number of aryl methyl sites for hydroxylation is 1. The van der Waals surface area contributed by atoms with Gasteiger partial charge in [0.05, 0.1) is 20.9 Å². The Balaban J connectivity index is 2.52. The lowest BCUT2D eigenvalue weighted by Crippen LogP contribution is -2.21. The zero-order chi connectivity index (χ0) is 21.6. The van der Waals surface area contributed by atoms with Gasteiger partial charge in [-0.1, -0.05) is 24.9 Å². The first-order chi connectivity index (χ1) is 13.8. The van der Waals surface area contributed by atoms with Gasteiger partial charge in [-0.2, -0.15) is 0 Å². The lowest BCUT2D eigenvalue weighted by molar-refractivity contribution is -0.393. The quantitative estimate of drug-likeness (QED) is 0.368. The van der Waals surface area contributed by atoms with E-state index >= 15 is 0 Å². The highest BCUT2D eigenvalue weighted by molar-refractivity contribution is 6.34. The van der Waals surface area contributed by atoms with E-state index in [9.17, 15) is 20.2 Å². The summed E-state index contributed by atoms with van der Waals surface area (Å²) < 4.78 is 0. The van der Waals surface area contributed by atoms with Crippen LogP contribution in [0.15, 0.2) is 30.3 Å². The van der Waals surface area contributed by atoms with Crippen LogP contribution < -0.4 is 10.2 Å². The third-order valence-corrected chi connectivity index (χ3v) is 5.04. The topological polar surface area (TPSA) is 102 Å². The Bertz CT molecular complexity index is 900. The van der Waals surface area contributed by atoms with Crippen molar-refractivity contribution in [2.45, 2.75) is 40.0 Å². The van der Waals surface area contributed by atoms with Crippen molar-refractivity contribution in [3.63, 3.8) is 0 Å². The molecular weight excluding hydrogens is 396 g/mol. The van der Waals surface area contributed by atoms with Crippen molar-refractivity contribution in [2.24, 2.45) is 0 Å². The van der Waals surface area contributed by atoms with Crippen LogP contribution in [0.1, 0.15) is 39.2 Å². The molecule has 0 aliphatic heterocycles. The third kappa shape index (κ3) is 5.35. The van der Waals surface area contributed by atoms with E-state index in [1.807, 2.05) is 12.1 Å². The van der Waals surface area contributed by atoms with Gasteiger partial charge < -0.3 is 10.2 Å². The first-order valence-electron chi connectivity index (χ1n) is 9.59. The number of unbranched alkanes of at least 4 members (excludes halogenated alkanes) is 1. The number of nitro groups is 2. The van der Waals surface area contributed by atoms with Gasteiger partial charge in [0.15, 0.2) is 0 Å². The summed E-state index contributed by atoms with van der Waals surface area (Å²) in [6, 6.07) is 7.95. The molecule has 0 unspecified atom stereocenters. The molecule has 156 valence electrons. The molecule has 0 atom stereocenters. The number of nitro benzene ring substituents is 2. The number of hydrogen-bond acceptors (Lipinski definition) is 6. The van der Waals surface area contributed by atoms with Crippen LogP contribution in [0.2, 0.25) is 5.02 Å². The predicted octanol–water partition coefficient (Wildman–Crippen LogP) is 6.09. The molecule has 1 N–H and O–H groups in total. The lowest BCUT2D eigenvalue weighted by atomic mass is 10.0. The molecule has 0 spiro atoms. The first-order valence-corrected chi connectivity index (χ1v) is 9.97.